The van der Waals surface area contributed by atoms with Gasteiger partial charge in [0.2, 0.25) is 11.0 Å². The van der Waals surface area contributed by atoms with Crippen LogP contribution in [0.25, 0.3) is 0 Å². The number of carbonyl (C=O) groups is 1. The molecule has 2 rings (SSSR count). The SMILES string of the molecule is CC(C)Sc1nnc(NC(=O)CCc2cccnc2)s1. The number of carbonyl (C=O) groups excluding carboxylic acids is 1. The van der Waals surface area contributed by atoms with Gasteiger partial charge < -0.3 is 5.32 Å². The summed E-state index contributed by atoms with van der Waals surface area (Å²) in [6.07, 6.45) is 4.58. The number of thioether (sulfide) groups is 1. The van der Waals surface area contributed by atoms with E-state index in [0.29, 0.717) is 23.2 Å². The van der Waals surface area contributed by atoms with Gasteiger partial charge in [-0.05, 0) is 18.1 Å². The topological polar surface area (TPSA) is 67.8 Å². The molecule has 0 aliphatic rings. The number of hydrogen-bond donors (Lipinski definition) is 1. The second-order valence-electron chi connectivity index (χ2n) is 4.45. The predicted molar refractivity (Wildman–Crippen MR) is 82.1 cm³/mol. The number of rotatable bonds is 6. The molecule has 1 N–H and O–H groups in total. The molecule has 0 saturated carbocycles. The summed E-state index contributed by atoms with van der Waals surface area (Å²) in [6.45, 7) is 4.19. The lowest BCUT2D eigenvalue weighted by Gasteiger charge is -2.01. The van der Waals surface area contributed by atoms with Crippen LogP contribution in [0.15, 0.2) is 28.9 Å². The lowest BCUT2D eigenvalue weighted by molar-refractivity contribution is -0.116. The fraction of sp³-hybridized carbons (Fsp3) is 0.385. The molecular formula is C13H16N4OS2. The van der Waals surface area contributed by atoms with Crippen LogP contribution >= 0.6 is 23.1 Å². The van der Waals surface area contributed by atoms with Gasteiger partial charge in [-0.25, -0.2) is 0 Å². The predicted octanol–water partition coefficient (Wildman–Crippen LogP) is 3.00. The van der Waals surface area contributed by atoms with Crippen LogP contribution in [-0.2, 0) is 11.2 Å². The van der Waals surface area contributed by atoms with Crippen molar-refractivity contribution in [3.8, 4) is 0 Å². The van der Waals surface area contributed by atoms with Gasteiger partial charge in [-0.1, -0.05) is 43.0 Å². The first-order chi connectivity index (χ1) is 9.63. The van der Waals surface area contributed by atoms with Gasteiger partial charge in [0.15, 0.2) is 4.34 Å². The number of nitrogens with one attached hydrogen (secondary N) is 1. The van der Waals surface area contributed by atoms with Gasteiger partial charge in [-0.2, -0.15) is 0 Å². The minimum atomic E-state index is -0.0499. The third-order valence-electron chi connectivity index (χ3n) is 2.35. The number of amides is 1. The van der Waals surface area contributed by atoms with E-state index in [9.17, 15) is 4.79 Å². The molecule has 0 radical (unpaired) electrons. The summed E-state index contributed by atoms with van der Waals surface area (Å²) in [5, 5.41) is 11.8. The van der Waals surface area contributed by atoms with Gasteiger partial charge >= 0.3 is 0 Å². The lowest BCUT2D eigenvalue weighted by atomic mass is 10.1. The summed E-state index contributed by atoms with van der Waals surface area (Å²) in [4.78, 5) is 15.8. The molecule has 2 heterocycles. The van der Waals surface area contributed by atoms with Gasteiger partial charge in [0.05, 0.1) is 0 Å². The highest BCUT2D eigenvalue weighted by atomic mass is 32.2. The third kappa shape index (κ3) is 4.90. The average molecular weight is 308 g/mol. The minimum Gasteiger partial charge on any atom is -0.300 e. The van der Waals surface area contributed by atoms with E-state index in [1.54, 1.807) is 24.2 Å². The molecule has 2 aromatic heterocycles. The molecule has 0 fully saturated rings. The zero-order valence-electron chi connectivity index (χ0n) is 11.4. The van der Waals surface area contributed by atoms with Crippen LogP contribution in [0.1, 0.15) is 25.8 Å². The molecule has 0 saturated heterocycles. The summed E-state index contributed by atoms with van der Waals surface area (Å²) in [7, 11) is 0. The zero-order chi connectivity index (χ0) is 14.4. The number of nitrogens with zero attached hydrogens (tertiary/aromatic N) is 3. The van der Waals surface area contributed by atoms with Gasteiger partial charge in [0, 0.05) is 24.1 Å². The molecule has 2 aromatic rings. The van der Waals surface area contributed by atoms with Crippen LogP contribution in [0.5, 0.6) is 0 Å². The molecule has 0 unspecified atom stereocenters. The minimum absolute atomic E-state index is 0.0499. The van der Waals surface area contributed by atoms with E-state index in [4.69, 9.17) is 0 Å². The first-order valence-corrected chi connectivity index (χ1v) is 8.02. The fourth-order valence-electron chi connectivity index (χ4n) is 1.50. The van der Waals surface area contributed by atoms with Crippen LogP contribution in [0.3, 0.4) is 0 Å². The third-order valence-corrected chi connectivity index (χ3v) is 4.28. The number of hydrogen-bond acceptors (Lipinski definition) is 6. The lowest BCUT2D eigenvalue weighted by Crippen LogP contribution is -2.12. The van der Waals surface area contributed by atoms with E-state index < -0.39 is 0 Å². The van der Waals surface area contributed by atoms with Crippen molar-refractivity contribution in [3.63, 3.8) is 0 Å². The smallest absolute Gasteiger partial charge is 0.226 e. The van der Waals surface area contributed by atoms with E-state index in [2.05, 4.69) is 34.3 Å². The zero-order valence-corrected chi connectivity index (χ0v) is 13.0. The molecule has 0 bridgehead atoms. The Morgan fingerprint density at radius 2 is 2.30 bits per heavy atom. The summed E-state index contributed by atoms with van der Waals surface area (Å²) in [5.41, 5.74) is 1.05. The molecule has 20 heavy (non-hydrogen) atoms. The standard InChI is InChI=1S/C13H16N4OS2/c1-9(2)19-13-17-16-12(20-13)15-11(18)6-5-10-4-3-7-14-8-10/h3-4,7-9H,5-6H2,1-2H3,(H,15,16,18). The van der Waals surface area contributed by atoms with Crippen molar-refractivity contribution < 1.29 is 4.79 Å². The number of anilines is 1. The molecule has 0 aliphatic carbocycles. The van der Waals surface area contributed by atoms with Crippen molar-refractivity contribution >= 4 is 34.1 Å². The van der Waals surface area contributed by atoms with Crippen LogP contribution in [0.2, 0.25) is 0 Å². The van der Waals surface area contributed by atoms with Crippen molar-refractivity contribution in [1.29, 1.82) is 0 Å². The highest BCUT2D eigenvalue weighted by Crippen LogP contribution is 2.28. The van der Waals surface area contributed by atoms with Crippen molar-refractivity contribution in [2.75, 3.05) is 5.32 Å². The van der Waals surface area contributed by atoms with E-state index in [1.165, 1.54) is 11.3 Å². The summed E-state index contributed by atoms with van der Waals surface area (Å²) in [5.74, 6) is -0.0499. The molecule has 7 heteroatoms. The first-order valence-electron chi connectivity index (χ1n) is 6.32. The summed E-state index contributed by atoms with van der Waals surface area (Å²) < 4.78 is 0.877. The van der Waals surface area contributed by atoms with Crippen molar-refractivity contribution in [2.45, 2.75) is 36.3 Å². The van der Waals surface area contributed by atoms with E-state index >= 15 is 0 Å². The van der Waals surface area contributed by atoms with E-state index in [1.807, 2.05) is 12.1 Å². The maximum Gasteiger partial charge on any atom is 0.226 e. The molecule has 106 valence electrons. The molecule has 0 aromatic carbocycles. The van der Waals surface area contributed by atoms with Crippen LogP contribution in [0, 0.1) is 0 Å². The largest absolute Gasteiger partial charge is 0.300 e. The maximum atomic E-state index is 11.8. The number of aryl methyl sites for hydroxylation is 1. The van der Waals surface area contributed by atoms with Crippen molar-refractivity contribution in [1.82, 2.24) is 15.2 Å². The monoisotopic (exact) mass is 308 g/mol. The quantitative estimate of drug-likeness (QED) is 0.656. The normalized spacial score (nSPS) is 10.8. The Balaban J connectivity index is 1.81. The second-order valence-corrected chi connectivity index (χ2v) is 7.25. The Morgan fingerprint density at radius 1 is 1.45 bits per heavy atom. The molecule has 0 spiro atoms. The highest BCUT2D eigenvalue weighted by Gasteiger charge is 2.09. The van der Waals surface area contributed by atoms with E-state index in [0.717, 1.165) is 9.90 Å². The molecular weight excluding hydrogens is 292 g/mol. The Labute approximate surface area is 126 Å². The fourth-order valence-corrected chi connectivity index (χ4v) is 3.49. The summed E-state index contributed by atoms with van der Waals surface area (Å²) in [6, 6.07) is 3.83. The second kappa shape index (κ2) is 7.35. The maximum absolute atomic E-state index is 11.8. The number of pyridine rings is 1. The van der Waals surface area contributed by atoms with Crippen molar-refractivity contribution in [2.24, 2.45) is 0 Å². The van der Waals surface area contributed by atoms with E-state index in [-0.39, 0.29) is 5.91 Å². The van der Waals surface area contributed by atoms with Crippen LogP contribution in [0.4, 0.5) is 5.13 Å². The Bertz CT molecular complexity index is 557. The van der Waals surface area contributed by atoms with Crippen LogP contribution in [-0.4, -0.2) is 26.3 Å². The van der Waals surface area contributed by atoms with Crippen LogP contribution < -0.4 is 5.32 Å². The molecule has 1 amide bonds. The Morgan fingerprint density at radius 3 is 3.00 bits per heavy atom. The van der Waals surface area contributed by atoms with Gasteiger partial charge in [0.25, 0.3) is 0 Å². The molecule has 5 nitrogen and oxygen atoms in total. The Hall–Kier alpha value is -1.47. The van der Waals surface area contributed by atoms with Gasteiger partial charge in [-0.15, -0.1) is 10.2 Å². The summed E-state index contributed by atoms with van der Waals surface area (Å²) >= 11 is 3.05. The number of aromatic nitrogens is 3. The van der Waals surface area contributed by atoms with Gasteiger partial charge in [0.1, 0.15) is 0 Å². The average Bonchev–Trinajstić information content (AvgIpc) is 2.84. The Kier molecular flexibility index (Phi) is 5.49. The van der Waals surface area contributed by atoms with Crippen molar-refractivity contribution in [3.05, 3.63) is 30.1 Å². The van der Waals surface area contributed by atoms with Gasteiger partial charge in [-0.3, -0.25) is 9.78 Å². The first kappa shape index (κ1) is 14.9. The molecule has 0 atom stereocenters. The highest BCUT2D eigenvalue weighted by molar-refractivity contribution is 8.01. The molecule has 0 aliphatic heterocycles.